The number of rotatable bonds is 5. The second-order valence-corrected chi connectivity index (χ2v) is 13.0. The third-order valence-electron chi connectivity index (χ3n) is 10.0. The van der Waals surface area contributed by atoms with Crippen LogP contribution >= 0.6 is 0 Å². The van der Waals surface area contributed by atoms with Crippen LogP contribution in [0.5, 0.6) is 11.8 Å². The fraction of sp³-hybridized carbons (Fsp3) is 0.400. The Morgan fingerprint density at radius 2 is 1.96 bits per heavy atom. The summed E-state index contributed by atoms with van der Waals surface area (Å²) in [5, 5.41) is 15.2. The standard InChI is InChI=1S/C35H35F3N6O2/c1-5-25-28(37)9-6-20-12-24(45)13-26(29(20)25)31-30(38)32-27(15-39-31)33(44-16-22-7-8-23(17-44)40-22)42-34(41-32)46-19(2)35(3)18-43(4)11-10-21(35)14-36/h1,6,9,12-15,19,22-23,40,45H,7-8,10-11,16-18H2,2-4H3/b21-14+/t19-,22-,23+,35-/m0/s1. The molecular formula is C35H35F3N6O2. The molecule has 2 aromatic heterocycles. The molecule has 3 aliphatic heterocycles. The van der Waals surface area contributed by atoms with E-state index in [1.165, 1.54) is 30.5 Å². The summed E-state index contributed by atoms with van der Waals surface area (Å²) in [4.78, 5) is 18.1. The first-order valence-corrected chi connectivity index (χ1v) is 15.5. The van der Waals surface area contributed by atoms with Crippen molar-refractivity contribution in [2.24, 2.45) is 5.41 Å². The molecule has 7 rings (SSSR count). The molecule has 0 radical (unpaired) electrons. The molecule has 0 aliphatic carbocycles. The van der Waals surface area contributed by atoms with Crippen molar-refractivity contribution in [2.75, 3.05) is 38.1 Å². The highest BCUT2D eigenvalue weighted by atomic mass is 19.1. The number of likely N-dealkylation sites (tertiary alicyclic amines) is 1. The van der Waals surface area contributed by atoms with Gasteiger partial charge in [-0.2, -0.15) is 9.97 Å². The van der Waals surface area contributed by atoms with Gasteiger partial charge < -0.3 is 25.0 Å². The quantitative estimate of drug-likeness (QED) is 0.272. The maximum Gasteiger partial charge on any atom is 0.319 e. The van der Waals surface area contributed by atoms with E-state index in [1.54, 1.807) is 0 Å². The maximum atomic E-state index is 16.8. The number of terminal acetylenes is 1. The molecule has 2 bridgehead atoms. The minimum atomic E-state index is -0.788. The molecule has 3 fully saturated rings. The predicted octanol–water partition coefficient (Wildman–Crippen LogP) is 5.71. The van der Waals surface area contributed by atoms with Crippen molar-refractivity contribution < 1.29 is 23.0 Å². The lowest BCUT2D eigenvalue weighted by molar-refractivity contribution is 0.0461. The molecular weight excluding hydrogens is 593 g/mol. The second kappa shape index (κ2) is 11.4. The smallest absolute Gasteiger partial charge is 0.319 e. The lowest BCUT2D eigenvalue weighted by Gasteiger charge is -2.43. The van der Waals surface area contributed by atoms with E-state index in [4.69, 9.17) is 16.1 Å². The van der Waals surface area contributed by atoms with Crippen LogP contribution in [0, 0.1) is 29.4 Å². The first-order valence-electron chi connectivity index (χ1n) is 15.5. The number of piperidine rings is 1. The molecule has 5 heterocycles. The molecule has 0 unspecified atom stereocenters. The molecule has 4 aromatic rings. The number of halogens is 3. The van der Waals surface area contributed by atoms with Crippen LogP contribution in [-0.2, 0) is 0 Å². The van der Waals surface area contributed by atoms with E-state index in [0.29, 0.717) is 54.5 Å². The lowest BCUT2D eigenvalue weighted by atomic mass is 9.74. The fourth-order valence-corrected chi connectivity index (χ4v) is 7.42. The molecule has 46 heavy (non-hydrogen) atoms. The zero-order valence-electron chi connectivity index (χ0n) is 25.9. The number of benzene rings is 2. The highest BCUT2D eigenvalue weighted by molar-refractivity contribution is 6.03. The predicted molar refractivity (Wildman–Crippen MR) is 171 cm³/mol. The Morgan fingerprint density at radius 3 is 2.67 bits per heavy atom. The van der Waals surface area contributed by atoms with Gasteiger partial charge in [0.25, 0.3) is 0 Å². The summed E-state index contributed by atoms with van der Waals surface area (Å²) in [6.07, 6.45) is 9.93. The van der Waals surface area contributed by atoms with E-state index in [2.05, 4.69) is 31.0 Å². The van der Waals surface area contributed by atoms with Gasteiger partial charge in [-0.1, -0.05) is 18.9 Å². The monoisotopic (exact) mass is 628 g/mol. The SMILES string of the molecule is C#Cc1c(F)ccc2cc(O)cc(-c3ncc4c(N5C[C@H]6CC[C@@H](C5)N6)nc(O[C@@H](C)[C@]5(C)CN(C)CC/C5=C\F)nc4c3F)c12. The second-order valence-electron chi connectivity index (χ2n) is 13.0. The fourth-order valence-electron chi connectivity index (χ4n) is 7.42. The Balaban J connectivity index is 1.40. The van der Waals surface area contributed by atoms with Crippen LogP contribution in [0.25, 0.3) is 32.9 Å². The van der Waals surface area contributed by atoms with E-state index in [9.17, 15) is 13.9 Å². The molecule has 0 spiro atoms. The number of ether oxygens (including phenoxy) is 1. The van der Waals surface area contributed by atoms with E-state index in [0.717, 1.165) is 19.4 Å². The summed E-state index contributed by atoms with van der Waals surface area (Å²) >= 11 is 0. The molecule has 238 valence electrons. The van der Waals surface area contributed by atoms with Gasteiger partial charge in [0.2, 0.25) is 0 Å². The van der Waals surface area contributed by atoms with E-state index in [1.807, 2.05) is 20.9 Å². The number of anilines is 1. The normalized spacial score (nSPS) is 24.9. The third kappa shape index (κ3) is 5.00. The summed E-state index contributed by atoms with van der Waals surface area (Å²) in [5.74, 6) is 1.27. The van der Waals surface area contributed by atoms with Crippen molar-refractivity contribution in [3.8, 4) is 35.4 Å². The number of hydrogen-bond donors (Lipinski definition) is 2. The molecule has 0 amide bonds. The van der Waals surface area contributed by atoms with Crippen molar-refractivity contribution in [1.29, 1.82) is 0 Å². The van der Waals surface area contributed by atoms with Crippen LogP contribution in [0.1, 0.15) is 38.7 Å². The van der Waals surface area contributed by atoms with Gasteiger partial charge in [-0.05, 0) is 62.4 Å². The van der Waals surface area contributed by atoms with Crippen molar-refractivity contribution in [1.82, 2.24) is 25.2 Å². The number of hydrogen-bond acceptors (Lipinski definition) is 8. The van der Waals surface area contributed by atoms with Gasteiger partial charge in [-0.3, -0.25) is 4.98 Å². The Bertz CT molecular complexity index is 1930. The van der Waals surface area contributed by atoms with Gasteiger partial charge in [-0.15, -0.1) is 6.42 Å². The van der Waals surface area contributed by atoms with Crippen LogP contribution in [0.4, 0.5) is 19.0 Å². The zero-order chi connectivity index (χ0) is 32.3. The number of phenols is 1. The number of nitrogens with one attached hydrogen (secondary N) is 1. The molecule has 3 saturated heterocycles. The van der Waals surface area contributed by atoms with Crippen LogP contribution < -0.4 is 15.0 Å². The van der Waals surface area contributed by atoms with Gasteiger partial charge in [0.15, 0.2) is 5.82 Å². The van der Waals surface area contributed by atoms with Crippen molar-refractivity contribution >= 4 is 27.5 Å². The number of nitrogens with zero attached hydrogens (tertiary/aromatic N) is 5. The molecule has 8 nitrogen and oxygen atoms in total. The van der Waals surface area contributed by atoms with Crippen molar-refractivity contribution in [3.05, 3.63) is 59.6 Å². The largest absolute Gasteiger partial charge is 0.508 e. The van der Waals surface area contributed by atoms with Gasteiger partial charge in [0.05, 0.1) is 17.3 Å². The van der Waals surface area contributed by atoms with Gasteiger partial charge >= 0.3 is 6.01 Å². The molecule has 11 heteroatoms. The van der Waals surface area contributed by atoms with E-state index < -0.39 is 23.2 Å². The molecule has 0 saturated carbocycles. The third-order valence-corrected chi connectivity index (χ3v) is 10.0. The average Bonchev–Trinajstić information content (AvgIpc) is 3.37. The van der Waals surface area contributed by atoms with Crippen LogP contribution in [0.2, 0.25) is 0 Å². The number of aromatic hydroxyl groups is 1. The number of phenolic OH excluding ortho intramolecular Hbond substituents is 1. The Morgan fingerprint density at radius 1 is 1.20 bits per heavy atom. The Labute approximate surface area is 265 Å². The van der Waals surface area contributed by atoms with E-state index in [-0.39, 0.29) is 51.6 Å². The average molecular weight is 629 g/mol. The number of fused-ring (bicyclic) bond motifs is 4. The number of pyridine rings is 1. The van der Waals surface area contributed by atoms with Crippen molar-refractivity contribution in [3.63, 3.8) is 0 Å². The lowest BCUT2D eigenvalue weighted by Crippen LogP contribution is -2.51. The van der Waals surface area contributed by atoms with Gasteiger partial charge in [-0.25, -0.2) is 13.2 Å². The van der Waals surface area contributed by atoms with Gasteiger partial charge in [0.1, 0.15) is 34.7 Å². The molecule has 2 N–H and O–H groups in total. The van der Waals surface area contributed by atoms with Crippen LogP contribution in [0.15, 0.2) is 42.4 Å². The zero-order valence-corrected chi connectivity index (χ0v) is 25.9. The highest BCUT2D eigenvalue weighted by Crippen LogP contribution is 2.42. The first kappa shape index (κ1) is 30.3. The topological polar surface area (TPSA) is 86.6 Å². The summed E-state index contributed by atoms with van der Waals surface area (Å²) in [7, 11) is 1.98. The van der Waals surface area contributed by atoms with Crippen molar-refractivity contribution in [2.45, 2.75) is 51.3 Å². The Hall–Kier alpha value is -4.40. The first-order chi connectivity index (χ1) is 22.1. The highest BCUT2D eigenvalue weighted by Gasteiger charge is 2.41. The summed E-state index contributed by atoms with van der Waals surface area (Å²) in [6.45, 7) is 6.43. The van der Waals surface area contributed by atoms with Gasteiger partial charge in [0, 0.05) is 60.8 Å². The summed E-state index contributed by atoms with van der Waals surface area (Å²) in [5.41, 5.74) is -0.148. The van der Waals surface area contributed by atoms with Crippen LogP contribution in [-0.4, -0.2) is 76.4 Å². The number of aromatic nitrogens is 3. The Kier molecular flexibility index (Phi) is 7.53. The number of piperazine rings is 1. The minimum Gasteiger partial charge on any atom is -0.508 e. The maximum absolute atomic E-state index is 16.8. The van der Waals surface area contributed by atoms with Crippen LogP contribution in [0.3, 0.4) is 0 Å². The summed E-state index contributed by atoms with van der Waals surface area (Å²) < 4.78 is 52.2. The molecule has 4 atom stereocenters. The van der Waals surface area contributed by atoms with E-state index >= 15 is 4.39 Å². The summed E-state index contributed by atoms with van der Waals surface area (Å²) in [6, 6.07) is 5.95. The molecule has 2 aromatic carbocycles. The molecule has 3 aliphatic rings. The minimum absolute atomic E-state index is 0.0367.